The van der Waals surface area contributed by atoms with E-state index in [0.717, 1.165) is 15.8 Å². The van der Waals surface area contributed by atoms with Gasteiger partial charge in [-0.05, 0) is 30.3 Å². The molecule has 0 aliphatic rings. The Kier molecular flexibility index (Phi) is 19.9. The third-order valence-electron chi connectivity index (χ3n) is 8.06. The molecule has 0 N–H and O–H groups in total. The molecule has 0 radical (unpaired) electrons. The number of hydrogen-bond acceptors (Lipinski definition) is 14. The number of carbonyl (C=O) groups excluding carboxylic acids is 2. The topological polar surface area (TPSA) is 126 Å². The molecule has 0 amide bonds. The molecule has 0 unspecified atom stereocenters. The van der Waals surface area contributed by atoms with Crippen molar-refractivity contribution in [1.82, 2.24) is 0 Å². The first kappa shape index (κ1) is 46.8. The monoisotopic (exact) mass is 842 g/mol. The van der Waals surface area contributed by atoms with Crippen LogP contribution in [0.2, 0.25) is 25.7 Å². The van der Waals surface area contributed by atoms with Gasteiger partial charge in [0, 0.05) is 66.8 Å². The average molecular weight is 843 g/mol. The largest absolute Gasteiger partial charge is 0.493 e. The van der Waals surface area contributed by atoms with Gasteiger partial charge in [0.1, 0.15) is 22.6 Å². The quantitative estimate of drug-likeness (QED) is 0.0342. The molecular formula is C42H54O12S2Si. The number of esters is 2. The zero-order valence-electron chi connectivity index (χ0n) is 34.4. The number of thioether (sulfide) groups is 2. The molecule has 57 heavy (non-hydrogen) atoms. The fraction of sp³-hybridized carbons (Fsp3) is 0.381. The van der Waals surface area contributed by atoms with Crippen LogP contribution in [0.5, 0.6) is 34.5 Å². The van der Waals surface area contributed by atoms with Gasteiger partial charge < -0.3 is 47.4 Å². The summed E-state index contributed by atoms with van der Waals surface area (Å²) < 4.78 is 54.0. The minimum Gasteiger partial charge on any atom is -0.493 e. The summed E-state index contributed by atoms with van der Waals surface area (Å²) in [5.74, 6) is 2.58. The first-order chi connectivity index (χ1) is 27.5. The Morgan fingerprint density at radius 1 is 0.561 bits per heavy atom. The van der Waals surface area contributed by atoms with Crippen LogP contribution in [0.25, 0.3) is 0 Å². The maximum Gasteiger partial charge on any atom is 0.342 e. The smallest absolute Gasteiger partial charge is 0.342 e. The molecule has 0 saturated heterocycles. The first-order valence-electron chi connectivity index (χ1n) is 17.9. The van der Waals surface area contributed by atoms with E-state index in [4.69, 9.17) is 47.4 Å². The van der Waals surface area contributed by atoms with Gasteiger partial charge in [0.15, 0.2) is 36.6 Å². The lowest BCUT2D eigenvalue weighted by molar-refractivity contribution is 0.0432. The van der Waals surface area contributed by atoms with E-state index in [-0.39, 0.29) is 13.6 Å². The molecule has 0 atom stereocenters. The normalized spacial score (nSPS) is 10.8. The molecule has 12 nitrogen and oxygen atoms in total. The third-order valence-corrected chi connectivity index (χ3v) is 11.8. The maximum absolute atomic E-state index is 13.2. The second-order valence-corrected chi connectivity index (χ2v) is 20.9. The van der Waals surface area contributed by atoms with Crippen molar-refractivity contribution in [3.05, 3.63) is 95.1 Å². The fourth-order valence-electron chi connectivity index (χ4n) is 5.25. The summed E-state index contributed by atoms with van der Waals surface area (Å²) >= 11 is 3.16. The molecule has 4 aromatic rings. The highest BCUT2D eigenvalue weighted by Crippen LogP contribution is 2.44. The van der Waals surface area contributed by atoms with E-state index in [1.54, 1.807) is 49.9 Å². The van der Waals surface area contributed by atoms with Gasteiger partial charge in [0.05, 0.1) is 42.2 Å². The van der Waals surface area contributed by atoms with E-state index in [2.05, 4.69) is 19.6 Å². The molecule has 0 fully saturated rings. The van der Waals surface area contributed by atoms with Crippen LogP contribution in [0.15, 0.2) is 82.6 Å². The van der Waals surface area contributed by atoms with E-state index in [0.29, 0.717) is 74.9 Å². The van der Waals surface area contributed by atoms with E-state index in [9.17, 15) is 9.59 Å². The molecule has 0 spiro atoms. The minimum absolute atomic E-state index is 0.00403. The summed E-state index contributed by atoms with van der Waals surface area (Å²) in [6, 6.07) is 23.9. The average Bonchev–Trinajstić information content (AvgIpc) is 3.22. The lowest BCUT2D eigenvalue weighted by Crippen LogP contribution is -2.23. The predicted molar refractivity (Wildman–Crippen MR) is 226 cm³/mol. The van der Waals surface area contributed by atoms with Crippen molar-refractivity contribution in [1.29, 1.82) is 0 Å². The lowest BCUT2D eigenvalue weighted by Gasteiger charge is -2.21. The van der Waals surface area contributed by atoms with E-state index < -0.39 is 20.0 Å². The second-order valence-electron chi connectivity index (χ2n) is 13.2. The van der Waals surface area contributed by atoms with Crippen LogP contribution in [0, 0.1) is 0 Å². The lowest BCUT2D eigenvalue weighted by atomic mass is 10.1. The number of hydrogen-bond donors (Lipinski definition) is 0. The van der Waals surface area contributed by atoms with Gasteiger partial charge in [0.2, 0.25) is 0 Å². The summed E-state index contributed by atoms with van der Waals surface area (Å²) in [6.07, 6.45) is 0. The fourth-order valence-corrected chi connectivity index (χ4v) is 7.84. The molecule has 4 rings (SSSR count). The summed E-state index contributed by atoms with van der Waals surface area (Å²) in [4.78, 5) is 27.8. The van der Waals surface area contributed by atoms with Crippen molar-refractivity contribution in [2.24, 2.45) is 0 Å². The Morgan fingerprint density at radius 2 is 0.982 bits per heavy atom. The van der Waals surface area contributed by atoms with Crippen molar-refractivity contribution in [3.63, 3.8) is 0 Å². The van der Waals surface area contributed by atoms with Gasteiger partial charge in [-0.2, -0.15) is 0 Å². The van der Waals surface area contributed by atoms with Crippen LogP contribution in [0.3, 0.4) is 0 Å². The number of methoxy groups -OCH3 is 7. The van der Waals surface area contributed by atoms with Gasteiger partial charge in [-0.1, -0.05) is 56.0 Å². The summed E-state index contributed by atoms with van der Waals surface area (Å²) in [7, 11) is 9.19. The molecule has 0 heterocycles. The Hall–Kier alpha value is -4.54. The Morgan fingerprint density at radius 3 is 1.33 bits per heavy atom. The minimum atomic E-state index is -1.34. The zero-order valence-corrected chi connectivity index (χ0v) is 37.0. The SMILES string of the molecule is COCOc1cc(OC)c(OC)c(CSc2ccccc2)c1C(=O)OC.COCOc1cc(OC)c(OC)c(CSc2ccccc2)c1C(=O)OCC[Si](C)(C)C. The summed E-state index contributed by atoms with van der Waals surface area (Å²) in [6.45, 7) is 7.09. The molecule has 15 heteroatoms. The van der Waals surface area contributed by atoms with Crippen molar-refractivity contribution in [2.45, 2.75) is 47.0 Å². The second kappa shape index (κ2) is 24.3. The van der Waals surface area contributed by atoms with Crippen molar-refractivity contribution < 1.29 is 57.0 Å². The van der Waals surface area contributed by atoms with E-state index >= 15 is 0 Å². The van der Waals surface area contributed by atoms with Crippen LogP contribution in [0.1, 0.15) is 31.8 Å². The Balaban J connectivity index is 0.000000310. The van der Waals surface area contributed by atoms with Crippen LogP contribution in [-0.4, -0.2) is 90.0 Å². The van der Waals surface area contributed by atoms with Crippen molar-refractivity contribution in [2.75, 3.05) is 70.0 Å². The van der Waals surface area contributed by atoms with Gasteiger partial charge in [0.25, 0.3) is 0 Å². The van der Waals surface area contributed by atoms with Crippen LogP contribution < -0.4 is 28.4 Å². The highest BCUT2D eigenvalue weighted by atomic mass is 32.2. The maximum atomic E-state index is 13.2. The zero-order chi connectivity index (χ0) is 41.8. The molecule has 0 saturated carbocycles. The molecule has 0 aromatic heterocycles. The third kappa shape index (κ3) is 14.1. The van der Waals surface area contributed by atoms with Crippen LogP contribution in [-0.2, 0) is 30.5 Å². The molecule has 4 aromatic carbocycles. The standard InChI is InChI=1S/C23H32O6SSi.C19H22O6S/c1-25-16-29-19-14-20(26-2)22(27-3)18(15-30-17-10-8-7-9-11-17)21(19)23(24)28-12-13-31(4,5)6;1-21-12-25-15-10-16(22-2)18(23-3)14(17(15)19(20)24-4)11-26-13-8-6-5-7-9-13/h7-11,14H,12-13,15-16H2,1-6H3;5-10H,11-12H2,1-4H3. The summed E-state index contributed by atoms with van der Waals surface area (Å²) in [5.41, 5.74) is 1.94. The van der Waals surface area contributed by atoms with Crippen LogP contribution >= 0.6 is 23.5 Å². The predicted octanol–water partition coefficient (Wildman–Crippen LogP) is 9.24. The van der Waals surface area contributed by atoms with E-state index in [1.807, 2.05) is 60.7 Å². The molecule has 0 aliphatic heterocycles. The highest BCUT2D eigenvalue weighted by molar-refractivity contribution is 7.98. The van der Waals surface area contributed by atoms with E-state index in [1.165, 1.54) is 35.5 Å². The van der Waals surface area contributed by atoms with Gasteiger partial charge in [-0.25, -0.2) is 9.59 Å². The number of rotatable bonds is 21. The molecular weight excluding hydrogens is 789 g/mol. The molecule has 310 valence electrons. The van der Waals surface area contributed by atoms with Crippen LogP contribution in [0.4, 0.5) is 0 Å². The van der Waals surface area contributed by atoms with Gasteiger partial charge in [-0.3, -0.25) is 0 Å². The van der Waals surface area contributed by atoms with Crippen molar-refractivity contribution in [3.8, 4) is 34.5 Å². The Bertz CT molecular complexity index is 1850. The van der Waals surface area contributed by atoms with Gasteiger partial charge >= 0.3 is 11.9 Å². The first-order valence-corrected chi connectivity index (χ1v) is 23.5. The van der Waals surface area contributed by atoms with Gasteiger partial charge in [-0.15, -0.1) is 23.5 Å². The Labute approximate surface area is 345 Å². The molecule has 0 bridgehead atoms. The van der Waals surface area contributed by atoms with Crippen molar-refractivity contribution >= 4 is 43.5 Å². The number of benzene rings is 4. The number of ether oxygens (including phenoxy) is 10. The summed E-state index contributed by atoms with van der Waals surface area (Å²) in [5, 5.41) is 0. The molecule has 0 aliphatic carbocycles. The number of carbonyl (C=O) groups is 2. The highest BCUT2D eigenvalue weighted by Gasteiger charge is 2.28.